The maximum absolute atomic E-state index is 9.55. The van der Waals surface area contributed by atoms with Crippen LogP contribution in [-0.4, -0.2) is 36.7 Å². The second-order valence-corrected chi connectivity index (χ2v) is 6.63. The van der Waals surface area contributed by atoms with Crippen molar-refractivity contribution in [2.75, 3.05) is 0 Å². The van der Waals surface area contributed by atoms with Crippen molar-refractivity contribution in [2.24, 2.45) is 0 Å². The molecule has 0 unspecified atom stereocenters. The molecule has 132 valence electrons. The highest BCUT2D eigenvalue weighted by molar-refractivity contribution is 7.12. The first-order valence-corrected chi connectivity index (χ1v) is 8.51. The number of nitrogens with zero attached hydrogens (tertiary/aromatic N) is 3. The molecular formula is C18H15N3O4S. The van der Waals surface area contributed by atoms with Crippen LogP contribution < -0.4 is 0 Å². The highest BCUT2D eigenvalue weighted by Crippen LogP contribution is 2.39. The van der Waals surface area contributed by atoms with E-state index in [0.29, 0.717) is 12.2 Å². The van der Waals surface area contributed by atoms with E-state index in [4.69, 9.17) is 15.2 Å². The number of thiazole rings is 1. The lowest BCUT2D eigenvalue weighted by Gasteiger charge is -1.99. The standard InChI is InChI=1S/C14H11N3S.C4H4O4/c1-2-4-11-10(3-1)7-12-14(11)16-13(18-12)8-17-6-5-15-9-17;5-3(6)1-2-4(7)8/h1-6,9H,7-8H2;1-2H,(H,5,6)(H,7,8)/b;2-1+. The van der Waals surface area contributed by atoms with Gasteiger partial charge in [-0.25, -0.2) is 19.6 Å². The molecule has 0 spiro atoms. The lowest BCUT2D eigenvalue weighted by Crippen LogP contribution is -1.95. The van der Waals surface area contributed by atoms with Crippen LogP contribution in [0.5, 0.6) is 0 Å². The van der Waals surface area contributed by atoms with E-state index in [9.17, 15) is 9.59 Å². The van der Waals surface area contributed by atoms with Gasteiger partial charge in [-0.3, -0.25) is 0 Å². The number of aromatic nitrogens is 3. The Kier molecular flexibility index (Phi) is 5.23. The van der Waals surface area contributed by atoms with E-state index in [1.54, 1.807) is 6.20 Å². The maximum atomic E-state index is 9.55. The van der Waals surface area contributed by atoms with Crippen LogP contribution in [0.15, 0.2) is 55.1 Å². The summed E-state index contributed by atoms with van der Waals surface area (Å²) in [6, 6.07) is 8.55. The fraction of sp³-hybridized carbons (Fsp3) is 0.111. The molecule has 0 aliphatic heterocycles. The summed E-state index contributed by atoms with van der Waals surface area (Å²) in [6.45, 7) is 0.819. The number of carboxylic acid groups (broad SMARTS) is 2. The highest BCUT2D eigenvalue weighted by Gasteiger charge is 2.22. The molecule has 0 atom stereocenters. The van der Waals surface area contributed by atoms with Gasteiger partial charge in [-0.15, -0.1) is 11.3 Å². The first-order valence-electron chi connectivity index (χ1n) is 7.69. The average molecular weight is 369 g/mol. The summed E-state index contributed by atoms with van der Waals surface area (Å²) in [4.78, 5) is 29.3. The lowest BCUT2D eigenvalue weighted by atomic mass is 10.1. The minimum Gasteiger partial charge on any atom is -0.478 e. The van der Waals surface area contributed by atoms with Crippen LogP contribution in [0.1, 0.15) is 15.4 Å². The molecule has 4 rings (SSSR count). The van der Waals surface area contributed by atoms with Gasteiger partial charge >= 0.3 is 11.9 Å². The number of hydrogen-bond acceptors (Lipinski definition) is 5. The van der Waals surface area contributed by atoms with Crippen LogP contribution in [0.2, 0.25) is 0 Å². The number of carbonyl (C=O) groups is 2. The molecule has 2 heterocycles. The third-order valence-corrected chi connectivity index (χ3v) is 4.65. The Morgan fingerprint density at radius 1 is 1.19 bits per heavy atom. The van der Waals surface area contributed by atoms with Gasteiger partial charge in [0.25, 0.3) is 0 Å². The van der Waals surface area contributed by atoms with Crippen LogP contribution in [0, 0.1) is 0 Å². The highest BCUT2D eigenvalue weighted by atomic mass is 32.1. The van der Waals surface area contributed by atoms with E-state index in [0.717, 1.165) is 18.0 Å². The van der Waals surface area contributed by atoms with Crippen molar-refractivity contribution in [3.63, 3.8) is 0 Å². The van der Waals surface area contributed by atoms with E-state index in [2.05, 4.69) is 33.8 Å². The summed E-state index contributed by atoms with van der Waals surface area (Å²) < 4.78 is 2.06. The molecule has 2 aromatic heterocycles. The quantitative estimate of drug-likeness (QED) is 0.536. The minimum absolute atomic E-state index is 0.558. The Balaban J connectivity index is 0.000000211. The average Bonchev–Trinajstić information content (AvgIpc) is 3.30. The van der Waals surface area contributed by atoms with Crippen molar-refractivity contribution < 1.29 is 19.8 Å². The van der Waals surface area contributed by atoms with Gasteiger partial charge in [0.1, 0.15) is 5.01 Å². The van der Waals surface area contributed by atoms with Gasteiger partial charge in [-0.2, -0.15) is 0 Å². The second-order valence-electron chi connectivity index (χ2n) is 5.46. The largest absolute Gasteiger partial charge is 0.478 e. The summed E-state index contributed by atoms with van der Waals surface area (Å²) in [6.07, 6.45) is 7.76. The SMILES string of the molecule is O=C(O)/C=C/C(=O)O.c1ccc2c(c1)Cc1sc(Cn3ccnc3)nc1-2. The molecule has 0 saturated heterocycles. The zero-order valence-corrected chi connectivity index (χ0v) is 14.4. The first kappa shape index (κ1) is 17.6. The van der Waals surface area contributed by atoms with Gasteiger partial charge in [0.15, 0.2) is 0 Å². The third-order valence-electron chi connectivity index (χ3n) is 3.61. The Labute approximate surface area is 152 Å². The molecule has 8 heteroatoms. The number of fused-ring (bicyclic) bond motifs is 3. The molecule has 0 amide bonds. The minimum atomic E-state index is -1.26. The maximum Gasteiger partial charge on any atom is 0.328 e. The van der Waals surface area contributed by atoms with Crippen molar-refractivity contribution in [2.45, 2.75) is 13.0 Å². The van der Waals surface area contributed by atoms with Crippen molar-refractivity contribution >= 4 is 23.3 Å². The fourth-order valence-electron chi connectivity index (χ4n) is 2.56. The molecule has 1 aromatic carbocycles. The summed E-state index contributed by atoms with van der Waals surface area (Å²) >= 11 is 1.82. The molecule has 3 aromatic rings. The number of rotatable bonds is 4. The molecule has 1 aliphatic carbocycles. The smallest absolute Gasteiger partial charge is 0.328 e. The molecule has 0 fully saturated rings. The van der Waals surface area contributed by atoms with E-state index >= 15 is 0 Å². The zero-order valence-electron chi connectivity index (χ0n) is 13.6. The van der Waals surface area contributed by atoms with Crippen LogP contribution in [0.3, 0.4) is 0 Å². The normalized spacial score (nSPS) is 11.5. The lowest BCUT2D eigenvalue weighted by molar-refractivity contribution is -0.134. The van der Waals surface area contributed by atoms with Crippen LogP contribution in [0.25, 0.3) is 11.3 Å². The molecule has 0 radical (unpaired) electrons. The third kappa shape index (κ3) is 4.22. The molecule has 0 bridgehead atoms. The van der Waals surface area contributed by atoms with Crippen LogP contribution in [-0.2, 0) is 22.6 Å². The van der Waals surface area contributed by atoms with E-state index in [-0.39, 0.29) is 0 Å². The van der Waals surface area contributed by atoms with Gasteiger partial charge in [0, 0.05) is 41.4 Å². The van der Waals surface area contributed by atoms with Gasteiger partial charge in [0.05, 0.1) is 18.6 Å². The molecule has 0 saturated carbocycles. The second kappa shape index (κ2) is 7.75. The topological polar surface area (TPSA) is 105 Å². The Morgan fingerprint density at radius 2 is 1.92 bits per heavy atom. The monoisotopic (exact) mass is 369 g/mol. The van der Waals surface area contributed by atoms with Gasteiger partial charge in [-0.05, 0) is 5.56 Å². The first-order chi connectivity index (χ1) is 12.5. The molecular weight excluding hydrogens is 354 g/mol. The summed E-state index contributed by atoms with van der Waals surface area (Å²) in [5.41, 5.74) is 3.90. The number of imidazole rings is 1. The molecule has 1 aliphatic rings. The molecule has 2 N–H and O–H groups in total. The van der Waals surface area contributed by atoms with E-state index < -0.39 is 11.9 Å². The fourth-order valence-corrected chi connectivity index (χ4v) is 3.67. The number of benzene rings is 1. The van der Waals surface area contributed by atoms with Gasteiger partial charge < -0.3 is 14.8 Å². The zero-order chi connectivity index (χ0) is 18.5. The van der Waals surface area contributed by atoms with Gasteiger partial charge in [0.2, 0.25) is 0 Å². The van der Waals surface area contributed by atoms with Crippen molar-refractivity contribution in [3.8, 4) is 11.3 Å². The predicted molar refractivity (Wildman–Crippen MR) is 96.1 cm³/mol. The number of hydrogen-bond donors (Lipinski definition) is 2. The van der Waals surface area contributed by atoms with E-state index in [1.807, 2.05) is 23.9 Å². The number of aliphatic carboxylic acids is 2. The van der Waals surface area contributed by atoms with Crippen LogP contribution >= 0.6 is 11.3 Å². The Hall–Kier alpha value is -3.26. The van der Waals surface area contributed by atoms with Crippen molar-refractivity contribution in [1.29, 1.82) is 0 Å². The summed E-state index contributed by atoms with van der Waals surface area (Å²) in [5, 5.41) is 16.8. The van der Waals surface area contributed by atoms with E-state index in [1.165, 1.54) is 21.7 Å². The Morgan fingerprint density at radius 3 is 2.58 bits per heavy atom. The molecule has 26 heavy (non-hydrogen) atoms. The Bertz CT molecular complexity index is 945. The number of carboxylic acids is 2. The van der Waals surface area contributed by atoms with Crippen molar-refractivity contribution in [3.05, 3.63) is 70.6 Å². The molecule has 7 nitrogen and oxygen atoms in total. The predicted octanol–water partition coefficient (Wildman–Crippen LogP) is 2.67. The van der Waals surface area contributed by atoms with Crippen molar-refractivity contribution in [1.82, 2.24) is 14.5 Å². The van der Waals surface area contributed by atoms with Gasteiger partial charge in [-0.1, -0.05) is 24.3 Å². The van der Waals surface area contributed by atoms with Crippen LogP contribution in [0.4, 0.5) is 0 Å². The summed E-state index contributed by atoms with van der Waals surface area (Å²) in [7, 11) is 0. The summed E-state index contributed by atoms with van der Waals surface area (Å²) in [5.74, 6) is -2.51.